The van der Waals surface area contributed by atoms with Crippen LogP contribution in [0, 0.1) is 5.82 Å². The largest absolute Gasteiger partial charge is 0.486 e. The lowest BCUT2D eigenvalue weighted by Gasteiger charge is -2.10. The molecule has 0 aliphatic rings. The van der Waals surface area contributed by atoms with E-state index >= 15 is 0 Å². The van der Waals surface area contributed by atoms with Gasteiger partial charge in [0.25, 0.3) is 0 Å². The number of carboxylic acid groups (broad SMARTS) is 1. The fourth-order valence-electron chi connectivity index (χ4n) is 1.49. The van der Waals surface area contributed by atoms with Crippen LogP contribution in [0.2, 0.25) is 5.02 Å². The quantitative estimate of drug-likeness (QED) is 0.935. The van der Waals surface area contributed by atoms with E-state index in [0.717, 1.165) is 0 Å². The maximum absolute atomic E-state index is 13.5. The first kappa shape index (κ1) is 13.3. The molecule has 0 radical (unpaired) electrons. The van der Waals surface area contributed by atoms with Crippen LogP contribution in [0.1, 0.15) is 16.1 Å². The Balaban J connectivity index is 2.22. The number of benzene rings is 1. The first-order valence-electron chi connectivity index (χ1n) is 5.33. The van der Waals surface area contributed by atoms with Gasteiger partial charge in [-0.2, -0.15) is 0 Å². The number of ether oxygens (including phenoxy) is 1. The third-order valence-electron chi connectivity index (χ3n) is 2.41. The molecule has 6 heteroatoms. The maximum Gasteiger partial charge on any atom is 0.358 e. The van der Waals surface area contributed by atoms with Gasteiger partial charge in [-0.05, 0) is 24.3 Å². The number of halogens is 2. The molecule has 1 aromatic heterocycles. The number of hydrogen-bond acceptors (Lipinski definition) is 3. The van der Waals surface area contributed by atoms with Gasteiger partial charge < -0.3 is 9.84 Å². The molecule has 19 heavy (non-hydrogen) atoms. The maximum atomic E-state index is 13.5. The molecule has 4 nitrogen and oxygen atoms in total. The van der Waals surface area contributed by atoms with Gasteiger partial charge in [-0.1, -0.05) is 17.7 Å². The van der Waals surface area contributed by atoms with Crippen molar-refractivity contribution in [2.45, 2.75) is 6.61 Å². The van der Waals surface area contributed by atoms with Gasteiger partial charge >= 0.3 is 5.97 Å². The number of aromatic carboxylic acids is 1. The molecule has 0 bridgehead atoms. The number of hydrogen-bond donors (Lipinski definition) is 1. The first-order valence-corrected chi connectivity index (χ1v) is 5.71. The van der Waals surface area contributed by atoms with Crippen LogP contribution < -0.4 is 4.74 Å². The molecule has 1 aromatic carbocycles. The van der Waals surface area contributed by atoms with Crippen LogP contribution >= 0.6 is 11.6 Å². The van der Waals surface area contributed by atoms with Crippen molar-refractivity contribution in [1.29, 1.82) is 0 Å². The third-order valence-corrected chi connectivity index (χ3v) is 2.76. The monoisotopic (exact) mass is 281 g/mol. The van der Waals surface area contributed by atoms with E-state index in [1.807, 2.05) is 0 Å². The Morgan fingerprint density at radius 3 is 2.84 bits per heavy atom. The molecule has 98 valence electrons. The molecular formula is C13H9ClFNO3. The molecule has 0 aliphatic carbocycles. The lowest BCUT2D eigenvalue weighted by Crippen LogP contribution is -2.06. The summed E-state index contributed by atoms with van der Waals surface area (Å²) < 4.78 is 18.8. The number of nitrogens with zero attached hydrogens (tertiary/aromatic N) is 1. The number of carbonyl (C=O) groups is 1. The van der Waals surface area contributed by atoms with E-state index < -0.39 is 11.8 Å². The molecule has 0 spiro atoms. The lowest BCUT2D eigenvalue weighted by molar-refractivity contribution is 0.0685. The second-order valence-corrected chi connectivity index (χ2v) is 4.05. The molecule has 0 fully saturated rings. The summed E-state index contributed by atoms with van der Waals surface area (Å²) in [7, 11) is 0. The SMILES string of the molecule is O=C(O)c1ncccc1OCc1c(F)cccc1Cl. The van der Waals surface area contributed by atoms with Gasteiger partial charge in [0, 0.05) is 11.8 Å². The highest BCUT2D eigenvalue weighted by molar-refractivity contribution is 6.31. The van der Waals surface area contributed by atoms with Gasteiger partial charge in [-0.15, -0.1) is 0 Å². The summed E-state index contributed by atoms with van der Waals surface area (Å²) in [6.07, 6.45) is 1.34. The molecule has 1 heterocycles. The minimum absolute atomic E-state index is 0.0642. The van der Waals surface area contributed by atoms with Crippen LogP contribution in [0.5, 0.6) is 5.75 Å². The van der Waals surface area contributed by atoms with Crippen LogP contribution in [0.3, 0.4) is 0 Å². The summed E-state index contributed by atoms with van der Waals surface area (Å²) in [5, 5.41) is 9.15. The Morgan fingerprint density at radius 1 is 1.37 bits per heavy atom. The summed E-state index contributed by atoms with van der Waals surface area (Å²) in [5.74, 6) is -1.65. The van der Waals surface area contributed by atoms with Gasteiger partial charge in [0.2, 0.25) is 0 Å². The Bertz CT molecular complexity index is 598. The van der Waals surface area contributed by atoms with Gasteiger partial charge in [-0.3, -0.25) is 0 Å². The zero-order valence-corrected chi connectivity index (χ0v) is 10.4. The summed E-state index contributed by atoms with van der Waals surface area (Å²) in [4.78, 5) is 14.6. The predicted octanol–water partition coefficient (Wildman–Crippen LogP) is 3.15. The van der Waals surface area contributed by atoms with Crippen molar-refractivity contribution in [3.05, 3.63) is 58.6 Å². The summed E-state index contributed by atoms with van der Waals surface area (Å²) in [6, 6.07) is 7.25. The van der Waals surface area contributed by atoms with E-state index in [-0.39, 0.29) is 28.6 Å². The second-order valence-electron chi connectivity index (χ2n) is 3.64. The fourth-order valence-corrected chi connectivity index (χ4v) is 1.71. The highest BCUT2D eigenvalue weighted by atomic mass is 35.5. The Labute approximate surface area is 113 Å². The zero-order chi connectivity index (χ0) is 13.8. The minimum Gasteiger partial charge on any atom is -0.486 e. The Morgan fingerprint density at radius 2 is 2.16 bits per heavy atom. The molecule has 1 N–H and O–H groups in total. The van der Waals surface area contributed by atoms with Gasteiger partial charge in [0.05, 0.1) is 5.02 Å². The molecule has 0 aliphatic heterocycles. The lowest BCUT2D eigenvalue weighted by atomic mass is 10.2. The molecular weight excluding hydrogens is 273 g/mol. The molecule has 2 aromatic rings. The van der Waals surface area contributed by atoms with Crippen molar-refractivity contribution < 1.29 is 19.0 Å². The number of aromatic nitrogens is 1. The van der Waals surface area contributed by atoms with Crippen molar-refractivity contribution in [1.82, 2.24) is 4.98 Å². The highest BCUT2D eigenvalue weighted by Gasteiger charge is 2.14. The summed E-state index contributed by atoms with van der Waals surface area (Å²) in [6.45, 7) is -0.169. The van der Waals surface area contributed by atoms with E-state index in [1.165, 1.54) is 36.5 Å². The Kier molecular flexibility index (Phi) is 3.97. The molecule has 0 amide bonds. The van der Waals surface area contributed by atoms with Crippen LogP contribution in [0.25, 0.3) is 0 Å². The number of pyridine rings is 1. The average molecular weight is 282 g/mol. The standard InChI is InChI=1S/C13H9ClFNO3/c14-9-3-1-4-10(15)8(9)7-19-11-5-2-6-16-12(11)13(17)18/h1-6H,7H2,(H,17,18). The van der Waals surface area contributed by atoms with E-state index in [0.29, 0.717) is 0 Å². The highest BCUT2D eigenvalue weighted by Crippen LogP contribution is 2.22. The van der Waals surface area contributed by atoms with E-state index in [9.17, 15) is 9.18 Å². The predicted molar refractivity (Wildman–Crippen MR) is 66.9 cm³/mol. The van der Waals surface area contributed by atoms with Crippen LogP contribution in [0.15, 0.2) is 36.5 Å². The van der Waals surface area contributed by atoms with Crippen molar-refractivity contribution >= 4 is 17.6 Å². The summed E-state index contributed by atoms with van der Waals surface area (Å²) in [5.41, 5.74) is -0.0562. The fraction of sp³-hybridized carbons (Fsp3) is 0.0769. The molecule has 0 unspecified atom stereocenters. The minimum atomic E-state index is -1.21. The molecule has 2 rings (SSSR count). The van der Waals surface area contributed by atoms with E-state index in [2.05, 4.69) is 4.98 Å². The Hall–Kier alpha value is -2.14. The van der Waals surface area contributed by atoms with E-state index in [4.69, 9.17) is 21.4 Å². The molecule has 0 atom stereocenters. The summed E-state index contributed by atoms with van der Waals surface area (Å²) >= 11 is 5.85. The van der Waals surface area contributed by atoms with Crippen molar-refractivity contribution in [3.8, 4) is 5.75 Å². The smallest absolute Gasteiger partial charge is 0.358 e. The van der Waals surface area contributed by atoms with Crippen molar-refractivity contribution in [2.24, 2.45) is 0 Å². The van der Waals surface area contributed by atoms with Crippen LogP contribution in [0.4, 0.5) is 4.39 Å². The van der Waals surface area contributed by atoms with Crippen molar-refractivity contribution in [3.63, 3.8) is 0 Å². The normalized spacial score (nSPS) is 10.2. The van der Waals surface area contributed by atoms with Gasteiger partial charge in [0.15, 0.2) is 11.4 Å². The van der Waals surface area contributed by atoms with Crippen molar-refractivity contribution in [2.75, 3.05) is 0 Å². The number of carboxylic acids is 1. The van der Waals surface area contributed by atoms with Crippen LogP contribution in [-0.4, -0.2) is 16.1 Å². The first-order chi connectivity index (χ1) is 9.09. The van der Waals surface area contributed by atoms with Crippen LogP contribution in [-0.2, 0) is 6.61 Å². The number of rotatable bonds is 4. The zero-order valence-electron chi connectivity index (χ0n) is 9.64. The second kappa shape index (κ2) is 5.67. The third kappa shape index (κ3) is 3.00. The topological polar surface area (TPSA) is 59.4 Å². The van der Waals surface area contributed by atoms with Gasteiger partial charge in [-0.25, -0.2) is 14.2 Å². The van der Waals surface area contributed by atoms with Gasteiger partial charge in [0.1, 0.15) is 12.4 Å². The molecule has 0 saturated heterocycles. The van der Waals surface area contributed by atoms with E-state index in [1.54, 1.807) is 0 Å². The average Bonchev–Trinajstić information content (AvgIpc) is 2.38. The molecule has 0 saturated carbocycles.